The van der Waals surface area contributed by atoms with Crippen LogP contribution in [-0.4, -0.2) is 50.5 Å². The van der Waals surface area contributed by atoms with Crippen LogP contribution < -0.4 is 4.74 Å². The van der Waals surface area contributed by atoms with Crippen molar-refractivity contribution in [2.24, 2.45) is 0 Å². The maximum absolute atomic E-state index is 10.3. The molecule has 0 bridgehead atoms. The zero-order valence-corrected chi connectivity index (χ0v) is 12.0. The van der Waals surface area contributed by atoms with Crippen molar-refractivity contribution in [3.8, 4) is 5.75 Å². The van der Waals surface area contributed by atoms with Crippen LogP contribution in [0.15, 0.2) is 30.3 Å². The zero-order valence-electron chi connectivity index (χ0n) is 12.0. The molecule has 0 atom stereocenters. The number of ether oxygens (including phenoxy) is 1. The fraction of sp³-hybridized carbons (Fsp3) is 0.267. The van der Waals surface area contributed by atoms with E-state index in [0.717, 1.165) is 5.75 Å². The highest BCUT2D eigenvalue weighted by molar-refractivity contribution is 5.88. The number of para-hydroxylation sites is 1. The summed E-state index contributed by atoms with van der Waals surface area (Å²) in [7, 11) is 0. The van der Waals surface area contributed by atoms with Gasteiger partial charge < -0.3 is 25.2 Å². The van der Waals surface area contributed by atoms with Crippen molar-refractivity contribution in [3.05, 3.63) is 35.9 Å². The van der Waals surface area contributed by atoms with Gasteiger partial charge in [-0.25, -0.2) is 4.79 Å². The third kappa shape index (κ3) is 5.79. The molecule has 0 spiro atoms. The van der Waals surface area contributed by atoms with Gasteiger partial charge in [-0.3, -0.25) is 9.59 Å². The Labute approximate surface area is 131 Å². The standard InChI is InChI=1S/C9H8O.C6H8O7/c1-2-6-9-8(4-1)5-3-7-10-9;7-3(8)1-6(13,5(11)12)2-4(9)10/h1-6H,7H2;13H,1-2H2,(H,7,8)(H,9,10)(H,11,12). The summed E-state index contributed by atoms with van der Waals surface area (Å²) in [4.78, 5) is 30.5. The van der Waals surface area contributed by atoms with E-state index in [0.29, 0.717) is 6.61 Å². The second-order valence-electron chi connectivity index (χ2n) is 4.73. The van der Waals surface area contributed by atoms with Gasteiger partial charge in [-0.2, -0.15) is 0 Å². The van der Waals surface area contributed by atoms with Gasteiger partial charge in [0.25, 0.3) is 0 Å². The van der Waals surface area contributed by atoms with Gasteiger partial charge in [0.1, 0.15) is 12.4 Å². The second kappa shape index (κ2) is 7.95. The van der Waals surface area contributed by atoms with E-state index in [2.05, 4.69) is 6.08 Å². The molecule has 1 heterocycles. The minimum absolute atomic E-state index is 0.705. The summed E-state index contributed by atoms with van der Waals surface area (Å²) < 4.78 is 5.34. The predicted molar refractivity (Wildman–Crippen MR) is 78.1 cm³/mol. The zero-order chi connectivity index (χ0) is 17.5. The van der Waals surface area contributed by atoms with Crippen molar-refractivity contribution in [3.63, 3.8) is 0 Å². The lowest BCUT2D eigenvalue weighted by molar-refractivity contribution is -0.170. The number of fused-ring (bicyclic) bond motifs is 1. The van der Waals surface area contributed by atoms with Crippen LogP contribution in [0.2, 0.25) is 0 Å². The molecule has 0 amide bonds. The molecule has 0 saturated carbocycles. The topological polar surface area (TPSA) is 141 Å². The monoisotopic (exact) mass is 324 g/mol. The second-order valence-corrected chi connectivity index (χ2v) is 4.73. The Balaban J connectivity index is 0.000000235. The summed E-state index contributed by atoms with van der Waals surface area (Å²) in [5.41, 5.74) is -1.56. The van der Waals surface area contributed by atoms with Gasteiger partial charge in [0.2, 0.25) is 0 Å². The van der Waals surface area contributed by atoms with Crippen LogP contribution in [0, 0.1) is 0 Å². The average Bonchev–Trinajstić information content (AvgIpc) is 2.46. The molecule has 0 aliphatic carbocycles. The van der Waals surface area contributed by atoms with Crippen molar-refractivity contribution in [1.82, 2.24) is 0 Å². The van der Waals surface area contributed by atoms with Crippen LogP contribution >= 0.6 is 0 Å². The smallest absolute Gasteiger partial charge is 0.336 e. The number of hydrogen-bond donors (Lipinski definition) is 4. The van der Waals surface area contributed by atoms with Crippen molar-refractivity contribution in [2.45, 2.75) is 18.4 Å². The molecule has 8 nitrogen and oxygen atoms in total. The maximum atomic E-state index is 10.3. The Morgan fingerprint density at radius 3 is 2.09 bits per heavy atom. The van der Waals surface area contributed by atoms with Crippen LogP contribution in [-0.2, 0) is 14.4 Å². The molecular weight excluding hydrogens is 308 g/mol. The van der Waals surface area contributed by atoms with Crippen LogP contribution in [0.4, 0.5) is 0 Å². The molecule has 0 aromatic heterocycles. The fourth-order valence-corrected chi connectivity index (χ4v) is 1.78. The van der Waals surface area contributed by atoms with Gasteiger partial charge >= 0.3 is 17.9 Å². The largest absolute Gasteiger partial charge is 0.489 e. The molecule has 1 aromatic carbocycles. The first kappa shape index (κ1) is 18.2. The highest BCUT2D eigenvalue weighted by atomic mass is 16.5. The van der Waals surface area contributed by atoms with E-state index in [1.165, 1.54) is 5.56 Å². The highest BCUT2D eigenvalue weighted by Crippen LogP contribution is 2.21. The van der Waals surface area contributed by atoms with Crippen LogP contribution in [0.5, 0.6) is 5.75 Å². The molecule has 1 aliphatic rings. The Kier molecular flexibility index (Phi) is 6.28. The molecule has 124 valence electrons. The summed E-state index contributed by atoms with van der Waals surface area (Å²) in [5.74, 6) is -4.03. The number of carboxylic acid groups (broad SMARTS) is 3. The van der Waals surface area contributed by atoms with E-state index < -0.39 is 36.4 Å². The third-order valence-electron chi connectivity index (χ3n) is 2.84. The van der Waals surface area contributed by atoms with Gasteiger partial charge in [0, 0.05) is 5.56 Å². The summed E-state index contributed by atoms with van der Waals surface area (Å²) in [6.45, 7) is 0.705. The summed E-state index contributed by atoms with van der Waals surface area (Å²) in [6.07, 6.45) is 1.81. The third-order valence-corrected chi connectivity index (χ3v) is 2.84. The van der Waals surface area contributed by atoms with E-state index in [9.17, 15) is 14.4 Å². The van der Waals surface area contributed by atoms with Crippen molar-refractivity contribution < 1.29 is 39.5 Å². The molecule has 8 heteroatoms. The van der Waals surface area contributed by atoms with Gasteiger partial charge in [0.05, 0.1) is 12.8 Å². The Morgan fingerprint density at radius 1 is 1.04 bits per heavy atom. The Bertz CT molecular complexity index is 604. The number of hydrogen-bond acceptors (Lipinski definition) is 5. The number of rotatable bonds is 5. The fourth-order valence-electron chi connectivity index (χ4n) is 1.78. The summed E-state index contributed by atoms with van der Waals surface area (Å²) in [5, 5.41) is 33.8. The number of aliphatic hydroxyl groups is 1. The first-order valence-corrected chi connectivity index (χ1v) is 6.52. The lowest BCUT2D eigenvalue weighted by Gasteiger charge is -2.18. The van der Waals surface area contributed by atoms with Gasteiger partial charge in [0.15, 0.2) is 5.60 Å². The first-order chi connectivity index (χ1) is 10.7. The van der Waals surface area contributed by atoms with Crippen molar-refractivity contribution >= 4 is 24.0 Å². The highest BCUT2D eigenvalue weighted by Gasteiger charge is 2.40. The van der Waals surface area contributed by atoms with Crippen LogP contribution in [0.1, 0.15) is 18.4 Å². The molecule has 0 fully saturated rings. The minimum atomic E-state index is -2.74. The predicted octanol–water partition coefficient (Wildman–Crippen LogP) is 0.844. The van der Waals surface area contributed by atoms with Gasteiger partial charge in [-0.05, 0) is 12.1 Å². The lowest BCUT2D eigenvalue weighted by Crippen LogP contribution is -2.42. The molecule has 0 saturated heterocycles. The molecule has 4 N–H and O–H groups in total. The molecule has 1 aromatic rings. The van der Waals surface area contributed by atoms with E-state index >= 15 is 0 Å². The minimum Gasteiger partial charge on any atom is -0.489 e. The number of aliphatic carboxylic acids is 3. The molecule has 1 aliphatic heterocycles. The van der Waals surface area contributed by atoms with E-state index in [1.807, 2.05) is 30.3 Å². The molecule has 2 rings (SSSR count). The van der Waals surface area contributed by atoms with Crippen LogP contribution in [0.3, 0.4) is 0 Å². The normalized spacial score (nSPS) is 12.2. The molecule has 0 radical (unpaired) electrons. The number of benzene rings is 1. The Hall–Kier alpha value is -2.87. The number of carboxylic acids is 3. The van der Waals surface area contributed by atoms with Crippen LogP contribution in [0.25, 0.3) is 6.08 Å². The Morgan fingerprint density at radius 2 is 1.61 bits per heavy atom. The molecule has 0 unspecified atom stereocenters. The summed E-state index contributed by atoms with van der Waals surface area (Å²) in [6, 6.07) is 8.03. The maximum Gasteiger partial charge on any atom is 0.336 e. The molecule has 23 heavy (non-hydrogen) atoms. The van der Waals surface area contributed by atoms with E-state index in [-0.39, 0.29) is 0 Å². The molecular formula is C15H16O8. The van der Waals surface area contributed by atoms with Gasteiger partial charge in [-0.1, -0.05) is 24.3 Å². The average molecular weight is 324 g/mol. The van der Waals surface area contributed by atoms with Gasteiger partial charge in [-0.15, -0.1) is 0 Å². The summed E-state index contributed by atoms with van der Waals surface area (Å²) >= 11 is 0. The van der Waals surface area contributed by atoms with E-state index in [1.54, 1.807) is 0 Å². The van der Waals surface area contributed by atoms with Crippen molar-refractivity contribution in [1.29, 1.82) is 0 Å². The van der Waals surface area contributed by atoms with E-state index in [4.69, 9.17) is 25.2 Å². The quantitative estimate of drug-likeness (QED) is 0.624. The first-order valence-electron chi connectivity index (χ1n) is 6.52. The number of carbonyl (C=O) groups is 3. The van der Waals surface area contributed by atoms with Crippen molar-refractivity contribution in [2.75, 3.05) is 6.61 Å². The SMILES string of the molecule is C1=Cc2ccccc2OC1.O=C(O)CC(O)(CC(=O)O)C(=O)O. The lowest BCUT2D eigenvalue weighted by atomic mass is 9.96.